The Morgan fingerprint density at radius 1 is 1.56 bits per heavy atom. The number of hydrogen-bond acceptors (Lipinski definition) is 5. The number of nitrogens with zero attached hydrogens (tertiary/aromatic N) is 3. The summed E-state index contributed by atoms with van der Waals surface area (Å²) in [5.41, 5.74) is 0. The Labute approximate surface area is 98.3 Å². The van der Waals surface area contributed by atoms with Crippen LogP contribution in [-0.2, 0) is 10.0 Å². The van der Waals surface area contributed by atoms with Crippen LogP contribution in [0, 0.1) is 11.3 Å². The van der Waals surface area contributed by atoms with Gasteiger partial charge in [-0.3, -0.25) is 4.72 Å². The number of aromatic nitrogens is 2. The third kappa shape index (κ3) is 2.81. The first-order valence-electron chi connectivity index (χ1n) is 4.39. The van der Waals surface area contributed by atoms with Gasteiger partial charge in [-0.1, -0.05) is 18.5 Å². The lowest BCUT2D eigenvalue weighted by atomic mass is 10.4. The van der Waals surface area contributed by atoms with E-state index in [1.54, 1.807) is 13.0 Å². The Bertz CT molecular complexity index is 511. The smallest absolute Gasteiger partial charge is 0.250 e. The molecular weight excluding hydrogens is 252 g/mol. The summed E-state index contributed by atoms with van der Waals surface area (Å²) in [5, 5.41) is 7.48. The van der Waals surface area contributed by atoms with E-state index in [0.717, 1.165) is 0 Å². The fourth-order valence-electron chi connectivity index (χ4n) is 0.975. The first kappa shape index (κ1) is 12.7. The van der Waals surface area contributed by atoms with Gasteiger partial charge in [-0.15, -0.1) is 0 Å². The highest BCUT2D eigenvalue weighted by Crippen LogP contribution is 2.17. The van der Waals surface area contributed by atoms with Crippen molar-refractivity contribution in [1.29, 1.82) is 5.26 Å². The van der Waals surface area contributed by atoms with E-state index in [1.807, 2.05) is 0 Å². The number of hydrogen-bond donors (Lipinski definition) is 1. The first-order chi connectivity index (χ1) is 7.51. The summed E-state index contributed by atoms with van der Waals surface area (Å²) >= 11 is 5.64. The molecule has 1 N–H and O–H groups in total. The molecule has 1 aromatic heterocycles. The van der Waals surface area contributed by atoms with Crippen LogP contribution in [0.25, 0.3) is 0 Å². The van der Waals surface area contributed by atoms with E-state index in [2.05, 4.69) is 14.7 Å². The van der Waals surface area contributed by atoms with Crippen LogP contribution >= 0.6 is 11.6 Å². The minimum absolute atomic E-state index is 0.0566. The standard InChI is InChI=1S/C8H9ClN4O2S/c1-2-6(5-10)16(14,15)13-8-7(9)11-3-4-12-8/h3-4,6H,2H2,1H3,(H,12,13). The highest BCUT2D eigenvalue weighted by molar-refractivity contribution is 7.93. The highest BCUT2D eigenvalue weighted by Gasteiger charge is 2.24. The van der Waals surface area contributed by atoms with Crippen LogP contribution in [-0.4, -0.2) is 23.6 Å². The van der Waals surface area contributed by atoms with Crippen LogP contribution in [0.4, 0.5) is 5.82 Å². The molecule has 1 rings (SSSR count). The van der Waals surface area contributed by atoms with Crippen molar-refractivity contribution in [2.45, 2.75) is 18.6 Å². The summed E-state index contributed by atoms with van der Waals surface area (Å²) in [6.07, 6.45) is 2.82. The number of nitrogens with one attached hydrogen (secondary N) is 1. The van der Waals surface area contributed by atoms with Gasteiger partial charge in [0.25, 0.3) is 0 Å². The van der Waals surface area contributed by atoms with Crippen LogP contribution in [0.1, 0.15) is 13.3 Å². The van der Waals surface area contributed by atoms with Crippen LogP contribution < -0.4 is 4.72 Å². The average molecular weight is 261 g/mol. The Morgan fingerprint density at radius 2 is 2.19 bits per heavy atom. The summed E-state index contributed by atoms with van der Waals surface area (Å²) in [6.45, 7) is 1.60. The fourth-order valence-corrected chi connectivity index (χ4v) is 2.32. The molecule has 0 radical (unpaired) electrons. The van der Waals surface area contributed by atoms with Gasteiger partial charge in [0, 0.05) is 12.4 Å². The van der Waals surface area contributed by atoms with E-state index in [-0.39, 0.29) is 17.4 Å². The minimum Gasteiger partial charge on any atom is -0.264 e. The summed E-state index contributed by atoms with van der Waals surface area (Å²) in [7, 11) is -3.80. The molecule has 0 amide bonds. The molecule has 6 nitrogen and oxygen atoms in total. The van der Waals surface area contributed by atoms with Crippen molar-refractivity contribution in [3.8, 4) is 6.07 Å². The van der Waals surface area contributed by atoms with E-state index in [1.165, 1.54) is 12.4 Å². The lowest BCUT2D eigenvalue weighted by Gasteiger charge is -2.10. The summed E-state index contributed by atoms with van der Waals surface area (Å²) in [6, 6.07) is 1.69. The molecule has 86 valence electrons. The second-order valence-corrected chi connectivity index (χ2v) is 5.09. The molecule has 1 heterocycles. The van der Waals surface area contributed by atoms with Crippen LogP contribution in [0.3, 0.4) is 0 Å². The SMILES string of the molecule is CCC(C#N)S(=O)(=O)Nc1nccnc1Cl. The minimum atomic E-state index is -3.80. The fraction of sp³-hybridized carbons (Fsp3) is 0.375. The van der Waals surface area contributed by atoms with Gasteiger partial charge in [0.1, 0.15) is 0 Å². The molecular formula is C8H9ClN4O2S. The summed E-state index contributed by atoms with van der Waals surface area (Å²) < 4.78 is 25.4. The van der Waals surface area contributed by atoms with Crippen LogP contribution in [0.15, 0.2) is 12.4 Å². The molecule has 1 unspecified atom stereocenters. The topological polar surface area (TPSA) is 95.7 Å². The zero-order chi connectivity index (χ0) is 12.2. The van der Waals surface area contributed by atoms with Gasteiger partial charge in [0.05, 0.1) is 6.07 Å². The molecule has 8 heteroatoms. The average Bonchev–Trinajstić information content (AvgIpc) is 2.22. The maximum atomic E-state index is 11.7. The van der Waals surface area contributed by atoms with E-state index in [9.17, 15) is 8.42 Å². The second kappa shape index (κ2) is 5.09. The van der Waals surface area contributed by atoms with Gasteiger partial charge in [-0.25, -0.2) is 18.4 Å². The van der Waals surface area contributed by atoms with Gasteiger partial charge in [-0.05, 0) is 6.42 Å². The lowest BCUT2D eigenvalue weighted by molar-refractivity contribution is 0.592. The second-order valence-electron chi connectivity index (χ2n) is 2.87. The lowest BCUT2D eigenvalue weighted by Crippen LogP contribution is -2.26. The number of rotatable bonds is 4. The van der Waals surface area contributed by atoms with E-state index in [0.29, 0.717) is 0 Å². The first-order valence-corrected chi connectivity index (χ1v) is 6.31. The van der Waals surface area contributed by atoms with Crippen molar-refractivity contribution in [3.63, 3.8) is 0 Å². The van der Waals surface area contributed by atoms with E-state index in [4.69, 9.17) is 16.9 Å². The van der Waals surface area contributed by atoms with Crippen LogP contribution in [0.2, 0.25) is 5.15 Å². The van der Waals surface area contributed by atoms with Gasteiger partial charge >= 0.3 is 0 Å². The normalized spacial score (nSPS) is 12.8. The van der Waals surface area contributed by atoms with Gasteiger partial charge < -0.3 is 0 Å². The number of anilines is 1. The molecule has 0 saturated carbocycles. The third-order valence-corrected chi connectivity index (χ3v) is 3.72. The highest BCUT2D eigenvalue weighted by atomic mass is 35.5. The van der Waals surface area contributed by atoms with Gasteiger partial charge in [-0.2, -0.15) is 5.26 Å². The molecule has 0 aliphatic rings. The number of sulfonamides is 1. The van der Waals surface area contributed by atoms with Crippen molar-refractivity contribution in [2.75, 3.05) is 4.72 Å². The molecule has 0 aliphatic heterocycles. The van der Waals surface area contributed by atoms with Crippen molar-refractivity contribution in [1.82, 2.24) is 9.97 Å². The zero-order valence-corrected chi connectivity index (χ0v) is 9.96. The molecule has 0 fully saturated rings. The summed E-state index contributed by atoms with van der Waals surface area (Å²) in [5.74, 6) is -0.0714. The molecule has 0 saturated heterocycles. The van der Waals surface area contributed by atoms with Crippen LogP contribution in [0.5, 0.6) is 0 Å². The maximum absolute atomic E-state index is 11.7. The number of halogens is 1. The molecule has 0 aromatic carbocycles. The summed E-state index contributed by atoms with van der Waals surface area (Å²) in [4.78, 5) is 7.39. The number of nitriles is 1. The van der Waals surface area contributed by atoms with Gasteiger partial charge in [0.2, 0.25) is 10.0 Å². The van der Waals surface area contributed by atoms with Crippen molar-refractivity contribution in [2.24, 2.45) is 0 Å². The zero-order valence-electron chi connectivity index (χ0n) is 8.38. The molecule has 1 atom stereocenters. The maximum Gasteiger partial charge on any atom is 0.250 e. The molecule has 0 bridgehead atoms. The predicted molar refractivity (Wildman–Crippen MR) is 59.3 cm³/mol. The quantitative estimate of drug-likeness (QED) is 0.877. The van der Waals surface area contributed by atoms with Crippen molar-refractivity contribution >= 4 is 27.4 Å². The molecule has 0 aliphatic carbocycles. The third-order valence-electron chi connectivity index (χ3n) is 1.78. The monoisotopic (exact) mass is 260 g/mol. The van der Waals surface area contributed by atoms with Crippen molar-refractivity contribution < 1.29 is 8.42 Å². The molecule has 1 aromatic rings. The molecule has 16 heavy (non-hydrogen) atoms. The molecule has 0 spiro atoms. The Kier molecular flexibility index (Phi) is 4.04. The van der Waals surface area contributed by atoms with Gasteiger partial charge in [0.15, 0.2) is 16.2 Å². The Hall–Kier alpha value is -1.39. The van der Waals surface area contributed by atoms with E-state index >= 15 is 0 Å². The Morgan fingerprint density at radius 3 is 2.69 bits per heavy atom. The van der Waals surface area contributed by atoms with E-state index < -0.39 is 15.3 Å². The predicted octanol–water partition coefficient (Wildman–Crippen LogP) is 1.17. The largest absolute Gasteiger partial charge is 0.264 e. The Balaban J connectivity index is 2.99. The van der Waals surface area contributed by atoms with Crippen molar-refractivity contribution in [3.05, 3.63) is 17.5 Å².